The third-order valence-electron chi connectivity index (χ3n) is 8.20. The van der Waals surface area contributed by atoms with Gasteiger partial charge in [-0.3, -0.25) is 4.90 Å². The lowest BCUT2D eigenvalue weighted by Gasteiger charge is -2.38. The van der Waals surface area contributed by atoms with Crippen LogP contribution in [0.3, 0.4) is 0 Å². The van der Waals surface area contributed by atoms with E-state index in [0.29, 0.717) is 41.9 Å². The molecular formula is C34H46N4O5Si. The maximum absolute atomic E-state index is 13.5. The van der Waals surface area contributed by atoms with E-state index in [1.54, 1.807) is 12.1 Å². The first-order valence-electron chi connectivity index (χ1n) is 15.3. The van der Waals surface area contributed by atoms with Crippen LogP contribution in [0.15, 0.2) is 40.9 Å². The highest BCUT2D eigenvalue weighted by Crippen LogP contribution is 2.42. The van der Waals surface area contributed by atoms with Crippen LogP contribution in [0.2, 0.25) is 18.1 Å². The Balaban J connectivity index is 1.62. The summed E-state index contributed by atoms with van der Waals surface area (Å²) in [7, 11) is -1.99. The Hall–Kier alpha value is -3.68. The van der Waals surface area contributed by atoms with Gasteiger partial charge in [-0.1, -0.05) is 44.1 Å². The van der Waals surface area contributed by atoms with E-state index in [0.717, 1.165) is 29.5 Å². The third-order valence-corrected chi connectivity index (χ3v) is 12.7. The number of aromatic nitrogens is 2. The quantitative estimate of drug-likeness (QED) is 0.175. The number of carbonyl (C=O) groups excluding carboxylic acids is 1. The number of amides is 1. The van der Waals surface area contributed by atoms with Crippen LogP contribution in [0.5, 0.6) is 5.75 Å². The van der Waals surface area contributed by atoms with E-state index in [2.05, 4.69) is 49.9 Å². The minimum atomic E-state index is -1.99. The Bertz CT molecular complexity index is 1530. The number of rotatable bonds is 9. The van der Waals surface area contributed by atoms with Crippen LogP contribution in [0.4, 0.5) is 10.5 Å². The molecule has 0 fully saturated rings. The summed E-state index contributed by atoms with van der Waals surface area (Å²) in [5, 5.41) is 4.38. The Morgan fingerprint density at radius 2 is 1.89 bits per heavy atom. The minimum absolute atomic E-state index is 0.0451. The molecule has 1 aliphatic carbocycles. The summed E-state index contributed by atoms with van der Waals surface area (Å²) < 4.78 is 23.7. The molecule has 9 nitrogen and oxygen atoms in total. The number of ether oxygens (including phenoxy) is 2. The molecule has 10 heteroatoms. The van der Waals surface area contributed by atoms with Crippen molar-refractivity contribution in [2.75, 3.05) is 13.2 Å². The van der Waals surface area contributed by atoms with E-state index in [1.165, 1.54) is 0 Å². The number of hydrogen-bond acceptors (Lipinski definition) is 7. The fraction of sp³-hybridized carbons (Fsp3) is 0.529. The Labute approximate surface area is 262 Å². The van der Waals surface area contributed by atoms with Crippen molar-refractivity contribution in [3.63, 3.8) is 0 Å². The molecule has 2 aromatic carbocycles. The highest BCUT2D eigenvalue weighted by Gasteiger charge is 2.39. The van der Waals surface area contributed by atoms with Gasteiger partial charge in [0.1, 0.15) is 11.4 Å². The van der Waals surface area contributed by atoms with Crippen molar-refractivity contribution in [2.45, 2.75) is 104 Å². The molecule has 0 aliphatic heterocycles. The fourth-order valence-corrected chi connectivity index (χ4v) is 6.05. The van der Waals surface area contributed by atoms with Crippen molar-refractivity contribution in [1.82, 2.24) is 15.0 Å². The average molecular weight is 619 g/mol. The van der Waals surface area contributed by atoms with Gasteiger partial charge in [-0.2, -0.15) is 4.98 Å². The molecule has 1 aliphatic rings. The molecule has 0 N–H and O–H groups in total. The van der Waals surface area contributed by atoms with E-state index in [1.807, 2.05) is 57.7 Å². The Kier molecular flexibility index (Phi) is 9.62. The molecule has 4 rings (SSSR count). The molecule has 44 heavy (non-hydrogen) atoms. The van der Waals surface area contributed by atoms with Crippen LogP contribution in [0.25, 0.3) is 27.7 Å². The number of nitrogens with zero attached hydrogens (tertiary/aromatic N) is 4. The monoisotopic (exact) mass is 618 g/mol. The van der Waals surface area contributed by atoms with Gasteiger partial charge in [-0.25, -0.2) is 9.64 Å². The molecule has 1 atom stereocenters. The molecule has 236 valence electrons. The molecular weight excluding hydrogens is 572 g/mol. The second kappa shape index (κ2) is 12.7. The Morgan fingerprint density at radius 3 is 2.52 bits per heavy atom. The topological polar surface area (TPSA) is 91.3 Å². The molecule has 0 bridgehead atoms. The lowest BCUT2D eigenvalue weighted by Crippen LogP contribution is -2.45. The fourth-order valence-electron chi connectivity index (χ4n) is 5.02. The predicted octanol–water partition coefficient (Wildman–Crippen LogP) is 8.99. The van der Waals surface area contributed by atoms with Gasteiger partial charge in [-0.15, -0.1) is 0 Å². The molecule has 3 aromatic rings. The van der Waals surface area contributed by atoms with Crippen LogP contribution in [0, 0.1) is 6.57 Å². The maximum Gasteiger partial charge on any atom is 0.410 e. The molecule has 0 spiro atoms. The van der Waals surface area contributed by atoms with Gasteiger partial charge < -0.3 is 18.4 Å². The van der Waals surface area contributed by atoms with Crippen LogP contribution in [-0.2, 0) is 15.6 Å². The summed E-state index contributed by atoms with van der Waals surface area (Å²) >= 11 is 0. The number of fused-ring (bicyclic) bond motifs is 1. The van der Waals surface area contributed by atoms with Crippen molar-refractivity contribution in [3.8, 4) is 28.6 Å². The van der Waals surface area contributed by atoms with E-state index < -0.39 is 13.9 Å². The van der Waals surface area contributed by atoms with Crippen LogP contribution in [-0.4, -0.2) is 54.3 Å². The van der Waals surface area contributed by atoms with Crippen molar-refractivity contribution in [2.24, 2.45) is 0 Å². The van der Waals surface area contributed by atoms with Crippen molar-refractivity contribution >= 4 is 20.1 Å². The van der Waals surface area contributed by atoms with Gasteiger partial charge in [0, 0.05) is 17.7 Å². The Morgan fingerprint density at radius 1 is 1.16 bits per heavy atom. The molecule has 1 heterocycles. The van der Waals surface area contributed by atoms with E-state index in [9.17, 15) is 4.79 Å². The molecule has 0 radical (unpaired) electrons. The van der Waals surface area contributed by atoms with Crippen LogP contribution < -0.4 is 4.74 Å². The summed E-state index contributed by atoms with van der Waals surface area (Å²) in [5.74, 6) is 1.32. The zero-order valence-corrected chi connectivity index (χ0v) is 28.8. The summed E-state index contributed by atoms with van der Waals surface area (Å²) in [4.78, 5) is 23.7. The van der Waals surface area contributed by atoms with Crippen molar-refractivity contribution < 1.29 is 23.2 Å². The van der Waals surface area contributed by atoms with Crippen molar-refractivity contribution in [3.05, 3.63) is 58.9 Å². The first-order valence-corrected chi connectivity index (χ1v) is 18.2. The van der Waals surface area contributed by atoms with E-state index >= 15 is 0 Å². The minimum Gasteiger partial charge on any atom is -0.502 e. The SMILES string of the molecule is [C-]#[N+]c1cc(-c2nc(-c3cccc4c3CC[C@H]4N(CCO[Si](C)(C)C(C)(C)C)C(=O)OC(C)(C)C)no2)ccc1OC(C)C. The van der Waals surface area contributed by atoms with Gasteiger partial charge in [0.2, 0.25) is 11.5 Å². The zero-order valence-electron chi connectivity index (χ0n) is 27.8. The smallest absolute Gasteiger partial charge is 0.410 e. The molecule has 1 aromatic heterocycles. The highest BCUT2D eigenvalue weighted by molar-refractivity contribution is 6.74. The highest BCUT2D eigenvalue weighted by atomic mass is 28.4. The predicted molar refractivity (Wildman–Crippen MR) is 174 cm³/mol. The molecule has 1 amide bonds. The van der Waals surface area contributed by atoms with Crippen LogP contribution in [0.1, 0.15) is 79.0 Å². The third kappa shape index (κ3) is 7.51. The summed E-state index contributed by atoms with van der Waals surface area (Å²) in [5.41, 5.74) is 3.43. The van der Waals surface area contributed by atoms with Crippen molar-refractivity contribution in [1.29, 1.82) is 0 Å². The maximum atomic E-state index is 13.5. The molecule has 0 saturated heterocycles. The normalized spacial score (nSPS) is 15.2. The number of carbonyl (C=O) groups is 1. The summed E-state index contributed by atoms with van der Waals surface area (Å²) in [6.07, 6.45) is 1.12. The first-order chi connectivity index (χ1) is 20.5. The average Bonchev–Trinajstić information content (AvgIpc) is 3.57. The van der Waals surface area contributed by atoms with Gasteiger partial charge in [0.25, 0.3) is 5.89 Å². The first kappa shape index (κ1) is 33.2. The van der Waals surface area contributed by atoms with E-state index in [-0.39, 0.29) is 23.3 Å². The number of benzene rings is 2. The van der Waals surface area contributed by atoms with Crippen LogP contribution >= 0.6 is 0 Å². The molecule has 0 unspecified atom stereocenters. The van der Waals surface area contributed by atoms with Gasteiger partial charge in [0.15, 0.2) is 8.32 Å². The van der Waals surface area contributed by atoms with E-state index in [4.69, 9.17) is 30.0 Å². The second-order valence-electron chi connectivity index (χ2n) is 14.1. The lowest BCUT2D eigenvalue weighted by atomic mass is 10.0. The summed E-state index contributed by atoms with van der Waals surface area (Å²) in [6.45, 7) is 29.0. The van der Waals surface area contributed by atoms with Gasteiger partial charge >= 0.3 is 6.09 Å². The zero-order chi connectivity index (χ0) is 32.4. The van der Waals surface area contributed by atoms with Gasteiger partial charge in [0.05, 0.1) is 25.3 Å². The lowest BCUT2D eigenvalue weighted by molar-refractivity contribution is 0.0125. The number of hydrogen-bond donors (Lipinski definition) is 0. The second-order valence-corrected chi connectivity index (χ2v) is 18.9. The van der Waals surface area contributed by atoms with Gasteiger partial charge in [-0.05, 0) is 94.9 Å². The standard InChI is InChI=1S/C34H46N4O5Si/c1-22(2)41-29-18-15-23(21-27(29)35-9)31-36-30(37-43-31)26-14-12-13-25-24(26)16-17-28(25)38(32(39)42-33(3,4)5)19-20-40-44(10,11)34(6,7)8/h12-15,18,21-22,28H,16-17,19-20H2,1-8,10-11H3/t28-/m1/s1. The summed E-state index contributed by atoms with van der Waals surface area (Å²) in [6, 6.07) is 11.1. The molecule has 0 saturated carbocycles. The largest absolute Gasteiger partial charge is 0.502 e.